The number of carbonyl (C=O) groups is 2. The van der Waals surface area contributed by atoms with Gasteiger partial charge in [0.1, 0.15) is 11.9 Å². The molecule has 2 amide bonds. The topological polar surface area (TPSA) is 95.6 Å². The van der Waals surface area contributed by atoms with Gasteiger partial charge in [-0.05, 0) is 57.0 Å². The average molecular weight is 448 g/mol. The van der Waals surface area contributed by atoms with E-state index in [2.05, 4.69) is 10.6 Å². The Kier molecular flexibility index (Phi) is 7.07. The van der Waals surface area contributed by atoms with Crippen LogP contribution >= 0.6 is 0 Å². The van der Waals surface area contributed by atoms with E-state index in [9.17, 15) is 22.4 Å². The van der Waals surface area contributed by atoms with Gasteiger partial charge in [-0.1, -0.05) is 23.8 Å². The lowest BCUT2D eigenvalue weighted by Gasteiger charge is -2.31. The summed E-state index contributed by atoms with van der Waals surface area (Å²) in [5.41, 5.74) is 1.28. The molecule has 0 saturated carbocycles. The molecule has 166 valence electrons. The number of carbonyl (C=O) groups excluding carboxylic acids is 2. The lowest BCUT2D eigenvalue weighted by molar-refractivity contribution is -0.129. The van der Waals surface area contributed by atoms with Crippen molar-refractivity contribution < 1.29 is 22.4 Å². The molecule has 2 N–H and O–H groups in total. The van der Waals surface area contributed by atoms with Crippen LogP contribution in [0.25, 0.3) is 0 Å². The molecular weight excluding hydrogens is 421 g/mol. The Balaban J connectivity index is 1.52. The quantitative estimate of drug-likeness (QED) is 0.712. The maximum atomic E-state index is 13.2. The molecule has 0 bridgehead atoms. The summed E-state index contributed by atoms with van der Waals surface area (Å²) >= 11 is 0. The van der Waals surface area contributed by atoms with Crippen LogP contribution in [0.4, 0.5) is 10.1 Å². The lowest BCUT2D eigenvalue weighted by atomic mass is 9.97. The van der Waals surface area contributed by atoms with E-state index in [1.165, 1.54) is 22.5 Å². The number of rotatable bonds is 6. The molecule has 3 rings (SSSR count). The molecule has 0 aromatic heterocycles. The summed E-state index contributed by atoms with van der Waals surface area (Å²) in [6.45, 7) is 3.90. The van der Waals surface area contributed by atoms with Gasteiger partial charge in [-0.3, -0.25) is 9.59 Å². The van der Waals surface area contributed by atoms with E-state index in [0.29, 0.717) is 18.5 Å². The SMILES string of the molecule is Cc1ccc(S(=O)(=O)N2CCC(C(=O)N[C@@H](C)C(=O)Nc3cccc(F)c3)CC2)cc1. The molecule has 9 heteroatoms. The molecule has 0 unspecified atom stereocenters. The van der Waals surface area contributed by atoms with Gasteiger partial charge in [0.2, 0.25) is 21.8 Å². The normalized spacial score (nSPS) is 16.5. The van der Waals surface area contributed by atoms with Crippen LogP contribution in [-0.2, 0) is 19.6 Å². The molecule has 1 heterocycles. The molecule has 1 fully saturated rings. The van der Waals surface area contributed by atoms with Crippen molar-refractivity contribution in [3.63, 3.8) is 0 Å². The Bertz CT molecular complexity index is 1050. The summed E-state index contributed by atoms with van der Waals surface area (Å²) in [5, 5.41) is 5.22. The number of sulfonamides is 1. The van der Waals surface area contributed by atoms with Crippen LogP contribution in [0.15, 0.2) is 53.4 Å². The number of hydrogen-bond acceptors (Lipinski definition) is 4. The van der Waals surface area contributed by atoms with Crippen molar-refractivity contribution in [1.29, 1.82) is 0 Å². The largest absolute Gasteiger partial charge is 0.344 e. The number of nitrogens with zero attached hydrogens (tertiary/aromatic N) is 1. The van der Waals surface area contributed by atoms with E-state index in [-0.39, 0.29) is 29.8 Å². The molecular formula is C22H26FN3O4S. The van der Waals surface area contributed by atoms with E-state index < -0.39 is 27.8 Å². The highest BCUT2D eigenvalue weighted by Gasteiger charge is 2.32. The van der Waals surface area contributed by atoms with Gasteiger partial charge in [0.05, 0.1) is 4.90 Å². The van der Waals surface area contributed by atoms with Gasteiger partial charge in [-0.25, -0.2) is 12.8 Å². The van der Waals surface area contributed by atoms with Crippen molar-refractivity contribution in [2.75, 3.05) is 18.4 Å². The second kappa shape index (κ2) is 9.57. The van der Waals surface area contributed by atoms with E-state index in [4.69, 9.17) is 0 Å². The Morgan fingerprint density at radius 3 is 2.35 bits per heavy atom. The number of benzene rings is 2. The van der Waals surface area contributed by atoms with Crippen molar-refractivity contribution >= 4 is 27.5 Å². The number of piperidine rings is 1. The second-order valence-corrected chi connectivity index (χ2v) is 9.66. The third-order valence-corrected chi connectivity index (χ3v) is 7.24. The molecule has 0 spiro atoms. The zero-order valence-corrected chi connectivity index (χ0v) is 18.3. The minimum absolute atomic E-state index is 0.234. The van der Waals surface area contributed by atoms with Gasteiger partial charge in [0.25, 0.3) is 0 Å². The standard InChI is InChI=1S/C22H26FN3O4S/c1-15-6-8-20(9-7-15)31(29,30)26-12-10-17(11-13-26)22(28)24-16(2)21(27)25-19-5-3-4-18(23)14-19/h3-9,14,16-17H,10-13H2,1-2H3,(H,24,28)(H,25,27)/t16-/m0/s1. The maximum absolute atomic E-state index is 13.2. The third-order valence-electron chi connectivity index (χ3n) is 5.33. The minimum atomic E-state index is -3.60. The highest BCUT2D eigenvalue weighted by Crippen LogP contribution is 2.24. The van der Waals surface area contributed by atoms with E-state index in [0.717, 1.165) is 5.56 Å². The predicted octanol–water partition coefficient (Wildman–Crippen LogP) is 2.68. The van der Waals surface area contributed by atoms with E-state index in [1.54, 1.807) is 37.3 Å². The molecule has 1 aliphatic rings. The summed E-state index contributed by atoms with van der Waals surface area (Å²) in [6, 6.07) is 11.4. The number of nitrogens with one attached hydrogen (secondary N) is 2. The van der Waals surface area contributed by atoms with E-state index >= 15 is 0 Å². The van der Waals surface area contributed by atoms with Crippen LogP contribution in [-0.4, -0.2) is 43.7 Å². The summed E-state index contributed by atoms with van der Waals surface area (Å²) < 4.78 is 40.2. The highest BCUT2D eigenvalue weighted by molar-refractivity contribution is 7.89. The zero-order valence-electron chi connectivity index (χ0n) is 17.5. The highest BCUT2D eigenvalue weighted by atomic mass is 32.2. The lowest BCUT2D eigenvalue weighted by Crippen LogP contribution is -2.47. The first-order chi connectivity index (χ1) is 14.7. The van der Waals surface area contributed by atoms with Crippen LogP contribution in [0.3, 0.4) is 0 Å². The van der Waals surface area contributed by atoms with Crippen LogP contribution in [0.5, 0.6) is 0 Å². The summed E-state index contributed by atoms with van der Waals surface area (Å²) in [5.74, 6) is -1.61. The molecule has 1 atom stereocenters. The Morgan fingerprint density at radius 2 is 1.74 bits per heavy atom. The molecule has 2 aromatic rings. The van der Waals surface area contributed by atoms with Crippen molar-refractivity contribution in [3.05, 3.63) is 59.9 Å². The van der Waals surface area contributed by atoms with Gasteiger partial charge in [-0.15, -0.1) is 0 Å². The molecule has 1 aliphatic heterocycles. The molecule has 0 aliphatic carbocycles. The second-order valence-electron chi connectivity index (χ2n) is 7.72. The number of halogens is 1. The van der Waals surface area contributed by atoms with E-state index in [1.807, 2.05) is 6.92 Å². The monoisotopic (exact) mass is 447 g/mol. The van der Waals surface area contributed by atoms with Crippen LogP contribution in [0, 0.1) is 18.7 Å². The number of aryl methyl sites for hydroxylation is 1. The Hall–Kier alpha value is -2.78. The summed E-state index contributed by atoms with van der Waals surface area (Å²) in [7, 11) is -3.60. The number of amides is 2. The zero-order chi connectivity index (χ0) is 22.6. The van der Waals surface area contributed by atoms with Crippen LogP contribution < -0.4 is 10.6 Å². The smallest absolute Gasteiger partial charge is 0.246 e. The fourth-order valence-corrected chi connectivity index (χ4v) is 4.90. The number of hydrogen-bond donors (Lipinski definition) is 2. The molecule has 1 saturated heterocycles. The van der Waals surface area contributed by atoms with Gasteiger partial charge in [0.15, 0.2) is 0 Å². The average Bonchev–Trinajstić information content (AvgIpc) is 2.74. The van der Waals surface area contributed by atoms with Crippen LogP contribution in [0.2, 0.25) is 0 Å². The van der Waals surface area contributed by atoms with Crippen molar-refractivity contribution in [2.45, 2.75) is 37.6 Å². The van der Waals surface area contributed by atoms with Gasteiger partial charge < -0.3 is 10.6 Å². The molecule has 31 heavy (non-hydrogen) atoms. The van der Waals surface area contributed by atoms with Crippen molar-refractivity contribution in [2.24, 2.45) is 5.92 Å². The summed E-state index contributed by atoms with van der Waals surface area (Å²) in [6.07, 6.45) is 0.740. The predicted molar refractivity (Wildman–Crippen MR) is 115 cm³/mol. The first kappa shape index (κ1) is 22.9. The summed E-state index contributed by atoms with van der Waals surface area (Å²) in [4.78, 5) is 25.1. The fourth-order valence-electron chi connectivity index (χ4n) is 3.43. The minimum Gasteiger partial charge on any atom is -0.344 e. The Morgan fingerprint density at radius 1 is 1.10 bits per heavy atom. The Labute approximate surface area is 181 Å². The molecule has 0 radical (unpaired) electrons. The third kappa shape index (κ3) is 5.68. The number of anilines is 1. The maximum Gasteiger partial charge on any atom is 0.246 e. The molecule has 7 nitrogen and oxygen atoms in total. The van der Waals surface area contributed by atoms with Crippen molar-refractivity contribution in [1.82, 2.24) is 9.62 Å². The first-order valence-electron chi connectivity index (χ1n) is 10.1. The van der Waals surface area contributed by atoms with Gasteiger partial charge in [-0.2, -0.15) is 4.31 Å². The van der Waals surface area contributed by atoms with Crippen molar-refractivity contribution in [3.8, 4) is 0 Å². The first-order valence-corrected chi connectivity index (χ1v) is 11.5. The van der Waals surface area contributed by atoms with Gasteiger partial charge in [0, 0.05) is 24.7 Å². The van der Waals surface area contributed by atoms with Crippen LogP contribution in [0.1, 0.15) is 25.3 Å². The fraction of sp³-hybridized carbons (Fsp3) is 0.364. The molecule has 2 aromatic carbocycles. The van der Waals surface area contributed by atoms with Gasteiger partial charge >= 0.3 is 0 Å².